The van der Waals surface area contributed by atoms with E-state index in [9.17, 15) is 5.11 Å². The monoisotopic (exact) mass is 226 g/mol. The topological polar surface area (TPSA) is 36.4 Å². The molecule has 1 aromatic carbocycles. The first-order valence-electron chi connectivity index (χ1n) is 5.79. The molecule has 1 aliphatic heterocycles. The van der Waals surface area contributed by atoms with E-state index in [1.165, 1.54) is 11.3 Å². The van der Waals surface area contributed by atoms with Gasteiger partial charge >= 0.3 is 0 Å². The molecule has 3 heteroatoms. The van der Waals surface area contributed by atoms with Crippen LogP contribution in [-0.4, -0.2) is 16.6 Å². The van der Waals surface area contributed by atoms with Gasteiger partial charge in [0.15, 0.2) is 0 Å². The van der Waals surface area contributed by atoms with Crippen LogP contribution in [0, 0.1) is 0 Å². The molecule has 1 aromatic heterocycles. The van der Waals surface area contributed by atoms with E-state index >= 15 is 0 Å². The number of aromatic nitrogens is 1. The number of hydrogen-bond donors (Lipinski definition) is 1. The third-order valence-corrected chi connectivity index (χ3v) is 3.24. The first-order chi connectivity index (χ1) is 8.40. The molecule has 0 spiro atoms. The van der Waals surface area contributed by atoms with Gasteiger partial charge in [0.2, 0.25) is 0 Å². The third kappa shape index (κ3) is 1.68. The lowest BCUT2D eigenvalue weighted by Gasteiger charge is -2.21. The number of pyridine rings is 1. The van der Waals surface area contributed by atoms with Crippen LogP contribution in [0.2, 0.25) is 0 Å². The number of hydrogen-bond acceptors (Lipinski definition) is 3. The highest BCUT2D eigenvalue weighted by Gasteiger charge is 2.21. The average Bonchev–Trinajstić information content (AvgIpc) is 2.82. The zero-order chi connectivity index (χ0) is 11.7. The molecule has 1 N–H and O–H groups in total. The Morgan fingerprint density at radius 1 is 1.18 bits per heavy atom. The zero-order valence-corrected chi connectivity index (χ0v) is 9.50. The average molecular weight is 226 g/mol. The second kappa shape index (κ2) is 4.18. The van der Waals surface area contributed by atoms with Gasteiger partial charge in [0.25, 0.3) is 0 Å². The number of aliphatic hydroxyl groups is 1. The lowest BCUT2D eigenvalue weighted by atomic mass is 10.1. The second-order valence-electron chi connectivity index (χ2n) is 4.19. The Hall–Kier alpha value is -1.87. The molecule has 1 aliphatic rings. The van der Waals surface area contributed by atoms with Crippen molar-refractivity contribution in [3.05, 3.63) is 53.9 Å². The van der Waals surface area contributed by atoms with Gasteiger partial charge in [-0.15, -0.1) is 0 Å². The van der Waals surface area contributed by atoms with Crippen molar-refractivity contribution in [1.29, 1.82) is 0 Å². The predicted octanol–water partition coefficient (Wildman–Crippen LogP) is 2.27. The summed E-state index contributed by atoms with van der Waals surface area (Å²) in [4.78, 5) is 6.39. The molecule has 0 atom stereocenters. The molecule has 3 rings (SSSR count). The Labute approximate surface area is 100 Å². The fraction of sp³-hybridized carbons (Fsp3) is 0.214. The normalized spacial score (nSPS) is 13.8. The van der Waals surface area contributed by atoms with Gasteiger partial charge in [0.1, 0.15) is 0 Å². The van der Waals surface area contributed by atoms with Gasteiger partial charge in [-0.1, -0.05) is 18.2 Å². The van der Waals surface area contributed by atoms with Gasteiger partial charge < -0.3 is 10.0 Å². The quantitative estimate of drug-likeness (QED) is 0.853. The lowest BCUT2D eigenvalue weighted by molar-refractivity contribution is 0.282. The number of benzene rings is 1. The summed E-state index contributed by atoms with van der Waals surface area (Å²) in [6, 6.07) is 10.3. The molecule has 0 bridgehead atoms. The molecule has 0 saturated carbocycles. The number of nitrogens with zero attached hydrogens (tertiary/aromatic N) is 2. The Bertz CT molecular complexity index is 539. The number of anilines is 2. The maximum Gasteiger partial charge on any atom is 0.0703 e. The highest BCUT2D eigenvalue weighted by atomic mass is 16.3. The molecule has 0 amide bonds. The van der Waals surface area contributed by atoms with E-state index < -0.39 is 0 Å². The molecule has 0 aliphatic carbocycles. The van der Waals surface area contributed by atoms with Gasteiger partial charge in [-0.3, -0.25) is 4.98 Å². The number of aliphatic hydroxyl groups excluding tert-OH is 1. The smallest absolute Gasteiger partial charge is 0.0703 e. The number of fused-ring (bicyclic) bond motifs is 1. The summed E-state index contributed by atoms with van der Waals surface area (Å²) in [6.45, 7) is 1.01. The SMILES string of the molecule is OCc1ccncc1N1CCc2ccccc21. The van der Waals surface area contributed by atoms with Crippen molar-refractivity contribution < 1.29 is 5.11 Å². The van der Waals surface area contributed by atoms with Crippen molar-refractivity contribution in [2.75, 3.05) is 11.4 Å². The molecule has 3 nitrogen and oxygen atoms in total. The summed E-state index contributed by atoms with van der Waals surface area (Å²) in [5.74, 6) is 0. The molecular weight excluding hydrogens is 212 g/mol. The maximum atomic E-state index is 9.37. The summed E-state index contributed by atoms with van der Waals surface area (Å²) >= 11 is 0. The first kappa shape index (κ1) is 10.3. The van der Waals surface area contributed by atoms with E-state index in [0.717, 1.165) is 24.2 Å². The van der Waals surface area contributed by atoms with Crippen molar-refractivity contribution in [2.45, 2.75) is 13.0 Å². The van der Waals surface area contributed by atoms with E-state index in [4.69, 9.17) is 0 Å². The molecule has 0 radical (unpaired) electrons. The fourth-order valence-corrected chi connectivity index (χ4v) is 2.38. The first-order valence-corrected chi connectivity index (χ1v) is 5.79. The minimum atomic E-state index is 0.0521. The predicted molar refractivity (Wildman–Crippen MR) is 67.3 cm³/mol. The molecule has 86 valence electrons. The highest BCUT2D eigenvalue weighted by Crippen LogP contribution is 2.35. The van der Waals surface area contributed by atoms with Gasteiger partial charge in [-0.05, 0) is 24.1 Å². The van der Waals surface area contributed by atoms with Gasteiger partial charge in [0.05, 0.1) is 18.5 Å². The lowest BCUT2D eigenvalue weighted by Crippen LogP contribution is -2.15. The standard InChI is InChI=1S/C14H14N2O/c17-10-12-5-7-15-9-14(12)16-8-6-11-3-1-2-4-13(11)16/h1-5,7,9,17H,6,8,10H2. The third-order valence-electron chi connectivity index (χ3n) is 3.24. The van der Waals surface area contributed by atoms with Crippen molar-refractivity contribution in [3.63, 3.8) is 0 Å². The van der Waals surface area contributed by atoms with Crippen LogP contribution in [0.15, 0.2) is 42.7 Å². The van der Waals surface area contributed by atoms with Crippen LogP contribution in [-0.2, 0) is 13.0 Å². The molecular formula is C14H14N2O. The van der Waals surface area contributed by atoms with E-state index in [2.05, 4.69) is 28.1 Å². The van der Waals surface area contributed by atoms with Crippen molar-refractivity contribution in [2.24, 2.45) is 0 Å². The van der Waals surface area contributed by atoms with Crippen LogP contribution in [0.1, 0.15) is 11.1 Å². The van der Waals surface area contributed by atoms with Crippen LogP contribution in [0.3, 0.4) is 0 Å². The van der Waals surface area contributed by atoms with Crippen LogP contribution in [0.5, 0.6) is 0 Å². The zero-order valence-electron chi connectivity index (χ0n) is 9.50. The van der Waals surface area contributed by atoms with Crippen LogP contribution < -0.4 is 4.90 Å². The summed E-state index contributed by atoms with van der Waals surface area (Å²) in [7, 11) is 0. The Morgan fingerprint density at radius 2 is 2.06 bits per heavy atom. The number of para-hydroxylation sites is 1. The largest absolute Gasteiger partial charge is 0.392 e. The Morgan fingerprint density at radius 3 is 2.94 bits per heavy atom. The molecule has 0 unspecified atom stereocenters. The molecule has 17 heavy (non-hydrogen) atoms. The summed E-state index contributed by atoms with van der Waals surface area (Å²) in [5.41, 5.74) is 4.53. The highest BCUT2D eigenvalue weighted by molar-refractivity contribution is 5.71. The minimum Gasteiger partial charge on any atom is -0.392 e. The maximum absolute atomic E-state index is 9.37. The van der Waals surface area contributed by atoms with Crippen LogP contribution in [0.4, 0.5) is 11.4 Å². The Balaban J connectivity index is 2.07. The second-order valence-corrected chi connectivity index (χ2v) is 4.19. The molecule has 2 heterocycles. The molecule has 0 fully saturated rings. The molecule has 0 saturated heterocycles. The van der Waals surface area contributed by atoms with Gasteiger partial charge in [0, 0.05) is 24.0 Å². The summed E-state index contributed by atoms with van der Waals surface area (Å²) < 4.78 is 0. The van der Waals surface area contributed by atoms with E-state index in [0.29, 0.717) is 0 Å². The van der Waals surface area contributed by atoms with Crippen molar-refractivity contribution >= 4 is 11.4 Å². The van der Waals surface area contributed by atoms with Crippen LogP contribution in [0.25, 0.3) is 0 Å². The summed E-state index contributed by atoms with van der Waals surface area (Å²) in [5, 5.41) is 9.37. The molecule has 2 aromatic rings. The number of rotatable bonds is 2. The van der Waals surface area contributed by atoms with E-state index in [1.807, 2.05) is 18.3 Å². The van der Waals surface area contributed by atoms with Crippen LogP contribution >= 0.6 is 0 Å². The van der Waals surface area contributed by atoms with E-state index in [-0.39, 0.29) is 6.61 Å². The van der Waals surface area contributed by atoms with Crippen molar-refractivity contribution in [1.82, 2.24) is 4.98 Å². The summed E-state index contributed by atoms with van der Waals surface area (Å²) in [6.07, 6.45) is 4.60. The fourth-order valence-electron chi connectivity index (χ4n) is 2.38. The van der Waals surface area contributed by atoms with Gasteiger partial charge in [-0.25, -0.2) is 0 Å². The van der Waals surface area contributed by atoms with E-state index in [1.54, 1.807) is 6.20 Å². The van der Waals surface area contributed by atoms with Crippen molar-refractivity contribution in [3.8, 4) is 0 Å². The minimum absolute atomic E-state index is 0.0521. The Kier molecular flexibility index (Phi) is 2.53. The van der Waals surface area contributed by atoms with Gasteiger partial charge in [-0.2, -0.15) is 0 Å².